The number of hydrogen-bond acceptors (Lipinski definition) is 3. The molecule has 0 amide bonds. The van der Waals surface area contributed by atoms with Gasteiger partial charge in [0, 0.05) is 0 Å². The van der Waals surface area contributed by atoms with Gasteiger partial charge in [0.05, 0.1) is 12.5 Å². The first-order chi connectivity index (χ1) is 19.5. The topological polar surface area (TPSA) is 38.3 Å². The van der Waals surface area contributed by atoms with E-state index in [4.69, 9.17) is 4.74 Å². The smallest absolute Gasteiger partial charge is 0.308 e. The third-order valence-corrected chi connectivity index (χ3v) is 9.96. The molecule has 1 N–H and O–H groups in total. The van der Waals surface area contributed by atoms with Crippen LogP contribution in [0.4, 0.5) is 0 Å². The molecule has 220 valence electrons. The molecule has 0 aromatic heterocycles. The van der Waals surface area contributed by atoms with E-state index >= 15 is 0 Å². The van der Waals surface area contributed by atoms with E-state index in [0.717, 1.165) is 43.1 Å². The molecule has 2 aliphatic carbocycles. The van der Waals surface area contributed by atoms with Crippen LogP contribution in [-0.4, -0.2) is 26.2 Å². The van der Waals surface area contributed by atoms with Crippen molar-refractivity contribution in [1.29, 1.82) is 0 Å². The lowest BCUT2D eigenvalue weighted by Crippen LogP contribution is -2.25. The van der Waals surface area contributed by atoms with E-state index in [1.54, 1.807) is 0 Å². The van der Waals surface area contributed by atoms with Crippen molar-refractivity contribution in [1.82, 2.24) is 5.32 Å². The standard InChI is InChI=1S/C37H55NO2/c1-5-6-28-7-11-31(12-8-28)33-15-19-35(20-16-33)36-21-17-34(18-22-36)32-13-9-29(10-14-32)25-30(23-24-38-4)26-40-37(39)27(2)3/h9-10,13-14,17-18,21-22,27-28,30-31,33,35,38H,5-8,11-12,15-16,19-20,23-26H2,1-4H3. The van der Waals surface area contributed by atoms with Gasteiger partial charge < -0.3 is 10.1 Å². The van der Waals surface area contributed by atoms with Crippen molar-refractivity contribution in [3.8, 4) is 11.1 Å². The van der Waals surface area contributed by atoms with Gasteiger partial charge in [-0.2, -0.15) is 0 Å². The Morgan fingerprint density at radius 3 is 1.98 bits per heavy atom. The summed E-state index contributed by atoms with van der Waals surface area (Å²) in [5, 5.41) is 3.23. The fourth-order valence-corrected chi connectivity index (χ4v) is 7.35. The third-order valence-electron chi connectivity index (χ3n) is 9.96. The van der Waals surface area contributed by atoms with Gasteiger partial charge in [-0.15, -0.1) is 0 Å². The van der Waals surface area contributed by atoms with Crippen molar-refractivity contribution < 1.29 is 9.53 Å². The highest BCUT2D eigenvalue weighted by Crippen LogP contribution is 2.44. The molecule has 0 radical (unpaired) electrons. The first-order valence-electron chi connectivity index (χ1n) is 16.5. The van der Waals surface area contributed by atoms with E-state index in [0.29, 0.717) is 12.5 Å². The summed E-state index contributed by atoms with van der Waals surface area (Å²) >= 11 is 0. The molecule has 40 heavy (non-hydrogen) atoms. The predicted octanol–water partition coefficient (Wildman–Crippen LogP) is 9.20. The fraction of sp³-hybridized carbons (Fsp3) is 0.649. The molecule has 3 heteroatoms. The summed E-state index contributed by atoms with van der Waals surface area (Å²) in [7, 11) is 1.97. The predicted molar refractivity (Wildman–Crippen MR) is 168 cm³/mol. The zero-order valence-electron chi connectivity index (χ0n) is 25.8. The van der Waals surface area contributed by atoms with Crippen LogP contribution >= 0.6 is 0 Å². The molecule has 0 heterocycles. The highest BCUT2D eigenvalue weighted by molar-refractivity contribution is 5.71. The quantitative estimate of drug-likeness (QED) is 0.255. The Balaban J connectivity index is 1.27. The molecular weight excluding hydrogens is 490 g/mol. The van der Waals surface area contributed by atoms with Gasteiger partial charge in [-0.05, 0) is 117 Å². The van der Waals surface area contributed by atoms with Crippen LogP contribution < -0.4 is 5.32 Å². The van der Waals surface area contributed by atoms with E-state index in [-0.39, 0.29) is 11.9 Å². The minimum Gasteiger partial charge on any atom is -0.465 e. The third kappa shape index (κ3) is 8.93. The lowest BCUT2D eigenvalue weighted by molar-refractivity contribution is -0.148. The number of nitrogens with one attached hydrogen (secondary N) is 1. The van der Waals surface area contributed by atoms with Gasteiger partial charge in [0.2, 0.25) is 0 Å². The van der Waals surface area contributed by atoms with E-state index in [1.165, 1.54) is 86.5 Å². The molecule has 2 aromatic carbocycles. The summed E-state index contributed by atoms with van der Waals surface area (Å²) < 4.78 is 5.57. The Morgan fingerprint density at radius 1 is 0.850 bits per heavy atom. The van der Waals surface area contributed by atoms with Crippen molar-refractivity contribution in [3.63, 3.8) is 0 Å². The van der Waals surface area contributed by atoms with Gasteiger partial charge in [0.15, 0.2) is 0 Å². The highest BCUT2D eigenvalue weighted by Gasteiger charge is 2.31. The molecule has 1 atom stereocenters. The second kappa shape index (κ2) is 15.8. The Bertz CT molecular complexity index is 995. The number of carbonyl (C=O) groups is 1. The van der Waals surface area contributed by atoms with Crippen molar-refractivity contribution in [2.75, 3.05) is 20.2 Å². The van der Waals surface area contributed by atoms with Gasteiger partial charge >= 0.3 is 5.97 Å². The normalized spacial score (nSPS) is 24.1. The molecule has 0 spiro atoms. The molecule has 2 aliphatic rings. The van der Waals surface area contributed by atoms with E-state index in [2.05, 4.69) is 60.8 Å². The van der Waals surface area contributed by atoms with Crippen LogP contribution in [0.15, 0.2) is 48.5 Å². The Hall–Kier alpha value is -2.13. The molecule has 0 aliphatic heterocycles. The van der Waals surface area contributed by atoms with E-state index in [9.17, 15) is 4.79 Å². The van der Waals surface area contributed by atoms with Crippen molar-refractivity contribution >= 4 is 5.97 Å². The Kier molecular flexibility index (Phi) is 12.1. The van der Waals surface area contributed by atoms with Gasteiger partial charge in [-0.3, -0.25) is 4.79 Å². The zero-order chi connectivity index (χ0) is 28.3. The average Bonchev–Trinajstić information content (AvgIpc) is 2.99. The average molecular weight is 546 g/mol. The summed E-state index contributed by atoms with van der Waals surface area (Å²) in [4.78, 5) is 12.0. The highest BCUT2D eigenvalue weighted by atomic mass is 16.5. The second-order valence-corrected chi connectivity index (χ2v) is 13.2. The van der Waals surface area contributed by atoms with Crippen LogP contribution in [0.3, 0.4) is 0 Å². The van der Waals surface area contributed by atoms with Crippen molar-refractivity contribution in [2.24, 2.45) is 29.6 Å². The summed E-state index contributed by atoms with van der Waals surface area (Å²) in [6.45, 7) is 7.54. The van der Waals surface area contributed by atoms with Crippen LogP contribution in [0.1, 0.15) is 108 Å². The first-order valence-corrected chi connectivity index (χ1v) is 16.5. The monoisotopic (exact) mass is 545 g/mol. The van der Waals surface area contributed by atoms with E-state index in [1.807, 2.05) is 20.9 Å². The second-order valence-electron chi connectivity index (χ2n) is 13.2. The van der Waals surface area contributed by atoms with Gasteiger partial charge in [0.1, 0.15) is 0 Å². The van der Waals surface area contributed by atoms with Gasteiger partial charge in [0.25, 0.3) is 0 Å². The summed E-state index contributed by atoms with van der Waals surface area (Å²) in [6, 6.07) is 18.4. The summed E-state index contributed by atoms with van der Waals surface area (Å²) in [5.41, 5.74) is 5.41. The lowest BCUT2D eigenvalue weighted by atomic mass is 9.68. The largest absolute Gasteiger partial charge is 0.465 e. The minimum absolute atomic E-state index is 0.0780. The zero-order valence-corrected chi connectivity index (χ0v) is 25.8. The van der Waals surface area contributed by atoms with Crippen LogP contribution in [0.25, 0.3) is 11.1 Å². The number of rotatable bonds is 13. The Labute approximate surface area is 244 Å². The molecule has 2 saturated carbocycles. The van der Waals surface area contributed by atoms with Crippen LogP contribution in [0.5, 0.6) is 0 Å². The number of hydrogen-bond donors (Lipinski definition) is 1. The maximum absolute atomic E-state index is 12.0. The van der Waals surface area contributed by atoms with Gasteiger partial charge in [-0.1, -0.05) is 95.0 Å². The van der Waals surface area contributed by atoms with E-state index < -0.39 is 0 Å². The molecule has 2 aromatic rings. The molecule has 4 rings (SSSR count). The molecule has 0 bridgehead atoms. The molecular formula is C37H55NO2. The molecule has 2 fully saturated rings. The molecule has 0 saturated heterocycles. The lowest BCUT2D eigenvalue weighted by Gasteiger charge is -2.38. The summed E-state index contributed by atoms with van der Waals surface area (Å²) in [5.74, 6) is 3.89. The Morgan fingerprint density at radius 2 is 1.43 bits per heavy atom. The SMILES string of the molecule is CCCC1CCC(C2CCC(c3ccc(-c4ccc(CC(CCNC)COC(=O)C(C)C)cc4)cc3)CC2)CC1. The van der Waals surface area contributed by atoms with Crippen LogP contribution in [0, 0.1) is 29.6 Å². The molecule has 1 unspecified atom stereocenters. The van der Waals surface area contributed by atoms with Crippen LogP contribution in [0.2, 0.25) is 0 Å². The van der Waals surface area contributed by atoms with Crippen LogP contribution in [-0.2, 0) is 16.0 Å². The first kappa shape index (κ1) is 30.8. The number of esters is 1. The molecule has 3 nitrogen and oxygen atoms in total. The van der Waals surface area contributed by atoms with Crippen molar-refractivity contribution in [3.05, 3.63) is 59.7 Å². The van der Waals surface area contributed by atoms with Crippen molar-refractivity contribution in [2.45, 2.75) is 104 Å². The van der Waals surface area contributed by atoms with Gasteiger partial charge in [-0.25, -0.2) is 0 Å². The minimum atomic E-state index is -0.106. The number of carbonyl (C=O) groups excluding carboxylic acids is 1. The maximum Gasteiger partial charge on any atom is 0.308 e. The number of benzene rings is 2. The fourth-order valence-electron chi connectivity index (χ4n) is 7.35. The maximum atomic E-state index is 12.0. The number of ether oxygens (including phenoxy) is 1. The summed E-state index contributed by atoms with van der Waals surface area (Å²) in [6.07, 6.45) is 16.3.